The van der Waals surface area contributed by atoms with Crippen LogP contribution in [0.3, 0.4) is 0 Å². The summed E-state index contributed by atoms with van der Waals surface area (Å²) in [4.78, 5) is 42.5. The van der Waals surface area contributed by atoms with Crippen molar-refractivity contribution in [2.45, 2.75) is 50.6 Å². The van der Waals surface area contributed by atoms with Crippen molar-refractivity contribution in [3.05, 3.63) is 72.3 Å². The van der Waals surface area contributed by atoms with Crippen LogP contribution in [-0.4, -0.2) is 74.7 Å². The van der Waals surface area contributed by atoms with Gasteiger partial charge in [0, 0.05) is 44.5 Å². The molecular weight excluding hydrogens is 532 g/mol. The number of benzene rings is 2. The van der Waals surface area contributed by atoms with Crippen LogP contribution in [0, 0.1) is 11.3 Å². The number of rotatable bonds is 6. The number of anilines is 1. The van der Waals surface area contributed by atoms with Crippen LogP contribution in [0.2, 0.25) is 0 Å². The van der Waals surface area contributed by atoms with Gasteiger partial charge >= 0.3 is 0 Å². The fourth-order valence-corrected chi connectivity index (χ4v) is 6.28. The maximum Gasteiger partial charge on any atom is 0.243 e. The predicted octanol–water partition coefficient (Wildman–Crippen LogP) is 3.31. The summed E-state index contributed by atoms with van der Waals surface area (Å²) in [5, 5.41) is 9.41. The molecule has 9 nitrogen and oxygen atoms in total. The molecule has 3 aliphatic heterocycles. The lowest BCUT2D eigenvalue weighted by atomic mass is 9.75. The molecule has 3 aliphatic rings. The van der Waals surface area contributed by atoms with Gasteiger partial charge in [0.15, 0.2) is 0 Å². The summed E-state index contributed by atoms with van der Waals surface area (Å²) in [5.41, 5.74) is 1.14. The van der Waals surface area contributed by atoms with E-state index in [9.17, 15) is 14.4 Å². The summed E-state index contributed by atoms with van der Waals surface area (Å²) in [5.74, 6) is 0.589. The van der Waals surface area contributed by atoms with Gasteiger partial charge in [-0.15, -0.1) is 0 Å². The quantitative estimate of drug-likeness (QED) is 0.457. The van der Waals surface area contributed by atoms with E-state index in [0.717, 1.165) is 29.8 Å². The van der Waals surface area contributed by atoms with Crippen molar-refractivity contribution in [1.29, 1.82) is 0 Å². The van der Waals surface area contributed by atoms with Crippen LogP contribution < -0.4 is 20.7 Å². The first kappa shape index (κ1) is 29.8. The zero-order valence-electron chi connectivity index (χ0n) is 24.3. The number of nitrogens with one attached hydrogen (secondary N) is 3. The number of carbonyl (C=O) groups excluding carboxylic acids is 3. The van der Waals surface area contributed by atoms with Gasteiger partial charge in [0.1, 0.15) is 11.8 Å². The Morgan fingerprint density at radius 3 is 2.55 bits per heavy atom. The van der Waals surface area contributed by atoms with Crippen molar-refractivity contribution in [3.63, 3.8) is 0 Å². The summed E-state index contributed by atoms with van der Waals surface area (Å²) in [7, 11) is 1.61. The molecule has 0 saturated carbocycles. The standard InChI is InChI=1S/C33H42N4O5/c1-41-27-12-10-26(11-13-27)34-30(38)23-37-18-14-28-25(22-37)9-5-6-15-33(16-19-42-20-17-33)32(40)36-29(31(39)35-28)21-24-7-3-2-4-8-24/h2-8,10-13,25,28-29H,9,14-23H2,1H3,(H,34,38)(H,35,39)(H,36,40)/t25-,28+,29+/m0/s1. The SMILES string of the molecule is COc1ccc(NC(=O)CN2CC[C@H]3NC(=O)[C@@H](Cc4ccccc4)NC(=O)C4(CC=CC[C@H]3C2)CCOCC4)cc1. The molecule has 2 saturated heterocycles. The van der Waals surface area contributed by atoms with E-state index in [4.69, 9.17) is 9.47 Å². The monoisotopic (exact) mass is 574 g/mol. The van der Waals surface area contributed by atoms with Gasteiger partial charge in [-0.25, -0.2) is 0 Å². The van der Waals surface area contributed by atoms with E-state index < -0.39 is 11.5 Å². The highest BCUT2D eigenvalue weighted by molar-refractivity contribution is 5.92. The maximum atomic E-state index is 13.8. The Labute approximate surface area is 248 Å². The molecule has 2 aromatic carbocycles. The molecule has 1 spiro atoms. The van der Waals surface area contributed by atoms with E-state index in [1.165, 1.54) is 0 Å². The Morgan fingerprint density at radius 2 is 1.81 bits per heavy atom. The fourth-order valence-electron chi connectivity index (χ4n) is 6.28. The van der Waals surface area contributed by atoms with Gasteiger partial charge in [-0.1, -0.05) is 42.5 Å². The molecule has 0 radical (unpaired) electrons. The second kappa shape index (κ2) is 14.0. The third-order valence-electron chi connectivity index (χ3n) is 8.84. The van der Waals surface area contributed by atoms with Gasteiger partial charge in [0.05, 0.1) is 19.1 Å². The minimum Gasteiger partial charge on any atom is -0.497 e. The third kappa shape index (κ3) is 7.57. The van der Waals surface area contributed by atoms with Crippen LogP contribution in [-0.2, 0) is 25.5 Å². The van der Waals surface area contributed by atoms with Gasteiger partial charge in [0.25, 0.3) is 0 Å². The number of hydrogen-bond donors (Lipinski definition) is 3. The number of amides is 3. The average Bonchev–Trinajstić information content (AvgIpc) is 3.01. The van der Waals surface area contributed by atoms with E-state index >= 15 is 0 Å². The molecule has 9 heteroatoms. The largest absolute Gasteiger partial charge is 0.497 e. The van der Waals surface area contributed by atoms with Crippen LogP contribution in [0.15, 0.2) is 66.7 Å². The van der Waals surface area contributed by atoms with Gasteiger partial charge in [-0.3, -0.25) is 19.3 Å². The number of nitrogens with zero attached hydrogens (tertiary/aromatic N) is 1. The topological polar surface area (TPSA) is 109 Å². The summed E-state index contributed by atoms with van der Waals surface area (Å²) in [6.07, 6.45) is 8.08. The summed E-state index contributed by atoms with van der Waals surface area (Å²) >= 11 is 0. The number of hydrogen-bond acceptors (Lipinski definition) is 6. The highest BCUT2D eigenvalue weighted by Gasteiger charge is 2.41. The van der Waals surface area contributed by atoms with Crippen molar-refractivity contribution in [2.24, 2.45) is 11.3 Å². The lowest BCUT2D eigenvalue weighted by Crippen LogP contribution is -2.58. The van der Waals surface area contributed by atoms with Crippen molar-refractivity contribution in [2.75, 3.05) is 45.3 Å². The summed E-state index contributed by atoms with van der Waals surface area (Å²) in [6, 6.07) is 16.4. The minimum absolute atomic E-state index is 0.0466. The fraction of sp³-hybridized carbons (Fsp3) is 0.485. The molecule has 2 fully saturated rings. The zero-order valence-corrected chi connectivity index (χ0v) is 24.3. The molecule has 5 rings (SSSR count). The number of ether oxygens (including phenoxy) is 2. The second-order valence-electron chi connectivity index (χ2n) is 11.7. The second-order valence-corrected chi connectivity index (χ2v) is 11.7. The average molecular weight is 575 g/mol. The van der Waals surface area contributed by atoms with E-state index in [1.54, 1.807) is 7.11 Å². The van der Waals surface area contributed by atoms with Gasteiger partial charge in [0.2, 0.25) is 17.7 Å². The molecule has 0 aromatic heterocycles. The van der Waals surface area contributed by atoms with Crippen molar-refractivity contribution in [1.82, 2.24) is 15.5 Å². The lowest BCUT2D eigenvalue weighted by Gasteiger charge is -2.40. The zero-order chi connectivity index (χ0) is 29.4. The Bertz CT molecular complexity index is 1240. The summed E-state index contributed by atoms with van der Waals surface area (Å²) in [6.45, 7) is 2.74. The first-order valence-electron chi connectivity index (χ1n) is 15.0. The third-order valence-corrected chi connectivity index (χ3v) is 8.84. The van der Waals surface area contributed by atoms with Gasteiger partial charge in [-0.05, 0) is 67.9 Å². The van der Waals surface area contributed by atoms with E-state index in [2.05, 4.69) is 33.0 Å². The number of piperidine rings is 1. The number of allylic oxidation sites excluding steroid dienone is 2. The Balaban J connectivity index is 1.29. The van der Waals surface area contributed by atoms with Crippen molar-refractivity contribution < 1.29 is 23.9 Å². The maximum absolute atomic E-state index is 13.8. The number of fused-ring (bicyclic) bond motifs is 1. The smallest absolute Gasteiger partial charge is 0.243 e. The first-order valence-corrected chi connectivity index (χ1v) is 15.0. The van der Waals surface area contributed by atoms with Crippen LogP contribution in [0.5, 0.6) is 5.75 Å². The molecule has 224 valence electrons. The van der Waals surface area contributed by atoms with E-state index in [1.807, 2.05) is 54.6 Å². The van der Waals surface area contributed by atoms with Crippen molar-refractivity contribution in [3.8, 4) is 5.75 Å². The number of carbonyl (C=O) groups is 3. The van der Waals surface area contributed by atoms with Crippen LogP contribution in [0.4, 0.5) is 5.69 Å². The molecule has 3 N–H and O–H groups in total. The molecule has 3 amide bonds. The molecule has 42 heavy (non-hydrogen) atoms. The molecule has 2 aromatic rings. The Hall–Kier alpha value is -3.69. The van der Waals surface area contributed by atoms with E-state index in [0.29, 0.717) is 52.0 Å². The molecule has 0 aliphatic carbocycles. The molecule has 0 bridgehead atoms. The van der Waals surface area contributed by atoms with Crippen LogP contribution >= 0.6 is 0 Å². The van der Waals surface area contributed by atoms with Crippen LogP contribution in [0.1, 0.15) is 37.7 Å². The van der Waals surface area contributed by atoms with E-state index in [-0.39, 0.29) is 36.2 Å². The Morgan fingerprint density at radius 1 is 1.05 bits per heavy atom. The highest BCUT2D eigenvalue weighted by atomic mass is 16.5. The predicted molar refractivity (Wildman–Crippen MR) is 161 cm³/mol. The van der Waals surface area contributed by atoms with Crippen LogP contribution in [0.25, 0.3) is 0 Å². The molecule has 3 atom stereocenters. The normalized spacial score (nSPS) is 24.8. The first-order chi connectivity index (χ1) is 20.4. The minimum atomic E-state index is -0.669. The molecule has 0 unspecified atom stereocenters. The lowest BCUT2D eigenvalue weighted by molar-refractivity contribution is -0.140. The van der Waals surface area contributed by atoms with Gasteiger partial charge in [-0.2, -0.15) is 0 Å². The molecule has 3 heterocycles. The molecular formula is C33H42N4O5. The van der Waals surface area contributed by atoms with Gasteiger partial charge < -0.3 is 25.4 Å². The number of likely N-dealkylation sites (tertiary alicyclic amines) is 1. The number of methoxy groups -OCH3 is 1. The van der Waals surface area contributed by atoms with Crippen molar-refractivity contribution >= 4 is 23.4 Å². The highest BCUT2D eigenvalue weighted by Crippen LogP contribution is 2.36. The Kier molecular flexibility index (Phi) is 9.92. The summed E-state index contributed by atoms with van der Waals surface area (Å²) < 4.78 is 10.8.